The van der Waals surface area contributed by atoms with E-state index >= 15 is 0 Å². The zero-order valence-corrected chi connectivity index (χ0v) is 16.4. The van der Waals surface area contributed by atoms with E-state index in [-0.39, 0.29) is 17.0 Å². The Morgan fingerprint density at radius 3 is 2.42 bits per heavy atom. The molecule has 1 aliphatic heterocycles. The van der Waals surface area contributed by atoms with E-state index in [1.54, 1.807) is 29.6 Å². The molecule has 2 aromatic rings. The number of aryl methyl sites for hydroxylation is 2. The Morgan fingerprint density at radius 1 is 1.12 bits per heavy atom. The third-order valence-corrected chi connectivity index (χ3v) is 6.77. The third-order valence-electron chi connectivity index (χ3n) is 4.80. The van der Waals surface area contributed by atoms with E-state index in [2.05, 4.69) is 0 Å². The Hall–Kier alpha value is -1.89. The number of methoxy groups -OCH3 is 1. The predicted octanol–water partition coefficient (Wildman–Crippen LogP) is 3.46. The summed E-state index contributed by atoms with van der Waals surface area (Å²) in [7, 11) is -2.03. The summed E-state index contributed by atoms with van der Waals surface area (Å²) in [5, 5.41) is 0. The van der Waals surface area contributed by atoms with Gasteiger partial charge in [0.1, 0.15) is 5.75 Å². The summed E-state index contributed by atoms with van der Waals surface area (Å²) in [6.07, 6.45) is -0.263. The minimum Gasteiger partial charge on any atom is -0.496 e. The summed E-state index contributed by atoms with van der Waals surface area (Å²) < 4.78 is 39.1. The molecule has 1 heterocycles. The normalized spacial score (nSPS) is 21.5. The third kappa shape index (κ3) is 3.63. The Labute approximate surface area is 155 Å². The van der Waals surface area contributed by atoms with E-state index < -0.39 is 10.0 Å². The topological polar surface area (TPSA) is 55.8 Å². The molecule has 1 saturated heterocycles. The summed E-state index contributed by atoms with van der Waals surface area (Å²) in [5.41, 5.74) is 2.95. The van der Waals surface area contributed by atoms with E-state index in [1.165, 1.54) is 0 Å². The van der Waals surface area contributed by atoms with Crippen LogP contribution in [0.15, 0.2) is 47.4 Å². The molecule has 3 rings (SSSR count). The fourth-order valence-electron chi connectivity index (χ4n) is 3.20. The van der Waals surface area contributed by atoms with Crippen LogP contribution in [0, 0.1) is 13.8 Å². The van der Waals surface area contributed by atoms with Gasteiger partial charge in [-0.15, -0.1) is 0 Å². The van der Waals surface area contributed by atoms with Crippen LogP contribution >= 0.6 is 0 Å². The van der Waals surface area contributed by atoms with Crippen LogP contribution in [0.1, 0.15) is 29.7 Å². The highest BCUT2D eigenvalue weighted by Gasteiger charge is 2.36. The van der Waals surface area contributed by atoms with Crippen molar-refractivity contribution in [3.63, 3.8) is 0 Å². The van der Waals surface area contributed by atoms with Crippen LogP contribution in [-0.2, 0) is 14.8 Å². The molecule has 1 fully saturated rings. The van der Waals surface area contributed by atoms with Gasteiger partial charge in [-0.25, -0.2) is 8.42 Å². The number of benzene rings is 2. The van der Waals surface area contributed by atoms with Crippen LogP contribution in [0.4, 0.5) is 0 Å². The van der Waals surface area contributed by atoms with Gasteiger partial charge in [-0.3, -0.25) is 0 Å². The highest BCUT2D eigenvalue weighted by Crippen LogP contribution is 2.31. The van der Waals surface area contributed by atoms with Gasteiger partial charge in [-0.1, -0.05) is 29.8 Å². The van der Waals surface area contributed by atoms with E-state index in [1.807, 2.05) is 45.0 Å². The van der Waals surface area contributed by atoms with Crippen LogP contribution in [0.5, 0.6) is 5.75 Å². The van der Waals surface area contributed by atoms with Gasteiger partial charge in [-0.2, -0.15) is 4.31 Å². The predicted molar refractivity (Wildman–Crippen MR) is 101 cm³/mol. The zero-order chi connectivity index (χ0) is 18.9. The van der Waals surface area contributed by atoms with Gasteiger partial charge < -0.3 is 9.47 Å². The molecule has 2 aromatic carbocycles. The minimum absolute atomic E-state index is 0.218. The van der Waals surface area contributed by atoms with Crippen molar-refractivity contribution < 1.29 is 17.9 Å². The maximum Gasteiger partial charge on any atom is 0.243 e. The second-order valence-electron chi connectivity index (χ2n) is 6.79. The number of nitrogens with zero attached hydrogens (tertiary/aromatic N) is 1. The minimum atomic E-state index is -3.61. The van der Waals surface area contributed by atoms with Crippen LogP contribution in [0.25, 0.3) is 0 Å². The molecule has 0 spiro atoms. The average molecular weight is 375 g/mol. The van der Waals surface area contributed by atoms with E-state index in [0.717, 1.165) is 16.7 Å². The number of hydrogen-bond donors (Lipinski definition) is 0. The lowest BCUT2D eigenvalue weighted by Gasteiger charge is -2.37. The SMILES string of the molecule is COc1ccc(S(=O)(=O)N2CC(c3ccc(C)cc3)OCC2C)cc1C. The molecule has 140 valence electrons. The van der Waals surface area contributed by atoms with E-state index in [9.17, 15) is 8.42 Å². The molecule has 2 unspecified atom stereocenters. The number of hydrogen-bond acceptors (Lipinski definition) is 4. The van der Waals surface area contributed by atoms with Gasteiger partial charge in [0.2, 0.25) is 10.0 Å². The maximum absolute atomic E-state index is 13.2. The number of rotatable bonds is 4. The number of morpholine rings is 1. The molecule has 1 aliphatic rings. The first-order chi connectivity index (χ1) is 12.3. The number of ether oxygens (including phenoxy) is 2. The summed E-state index contributed by atoms with van der Waals surface area (Å²) >= 11 is 0. The monoisotopic (exact) mass is 375 g/mol. The molecule has 0 saturated carbocycles. The van der Waals surface area contributed by atoms with Crippen molar-refractivity contribution in [3.8, 4) is 5.75 Å². The molecule has 0 aliphatic carbocycles. The van der Waals surface area contributed by atoms with Crippen molar-refractivity contribution in [2.45, 2.75) is 37.8 Å². The van der Waals surface area contributed by atoms with Crippen molar-refractivity contribution in [2.75, 3.05) is 20.3 Å². The molecule has 26 heavy (non-hydrogen) atoms. The molecule has 6 heteroatoms. The average Bonchev–Trinajstić information content (AvgIpc) is 2.62. The smallest absolute Gasteiger partial charge is 0.243 e. The Morgan fingerprint density at radius 2 is 1.81 bits per heavy atom. The van der Waals surface area contributed by atoms with Crippen molar-refractivity contribution in [1.82, 2.24) is 4.31 Å². The lowest BCUT2D eigenvalue weighted by Crippen LogP contribution is -2.48. The summed E-state index contributed by atoms with van der Waals surface area (Å²) in [4.78, 5) is 0.284. The quantitative estimate of drug-likeness (QED) is 0.821. The molecular formula is C20H25NO4S. The van der Waals surface area contributed by atoms with Crippen LogP contribution in [0.3, 0.4) is 0 Å². The standard InChI is InChI=1S/C20H25NO4S/c1-14-5-7-17(8-6-14)20-12-21(16(3)13-25-20)26(22,23)18-9-10-19(24-4)15(2)11-18/h5-11,16,20H,12-13H2,1-4H3. The van der Waals surface area contributed by atoms with Crippen LogP contribution < -0.4 is 4.74 Å². The zero-order valence-electron chi connectivity index (χ0n) is 15.6. The van der Waals surface area contributed by atoms with Crippen molar-refractivity contribution >= 4 is 10.0 Å². The lowest BCUT2D eigenvalue weighted by atomic mass is 10.1. The Bertz CT molecular complexity index is 877. The molecule has 0 N–H and O–H groups in total. The van der Waals surface area contributed by atoms with Gasteiger partial charge in [0, 0.05) is 12.6 Å². The second kappa shape index (κ2) is 7.39. The highest BCUT2D eigenvalue weighted by molar-refractivity contribution is 7.89. The van der Waals surface area contributed by atoms with E-state index in [4.69, 9.17) is 9.47 Å². The lowest BCUT2D eigenvalue weighted by molar-refractivity contribution is -0.0288. The fraction of sp³-hybridized carbons (Fsp3) is 0.400. The van der Waals surface area contributed by atoms with Gasteiger partial charge in [-0.05, 0) is 50.1 Å². The van der Waals surface area contributed by atoms with Crippen LogP contribution in [-0.4, -0.2) is 39.0 Å². The van der Waals surface area contributed by atoms with Crippen molar-refractivity contribution in [3.05, 3.63) is 59.2 Å². The second-order valence-corrected chi connectivity index (χ2v) is 8.68. The first-order valence-corrected chi connectivity index (χ1v) is 10.1. The molecule has 0 radical (unpaired) electrons. The van der Waals surface area contributed by atoms with E-state index in [0.29, 0.717) is 18.9 Å². The fourth-order valence-corrected chi connectivity index (χ4v) is 4.90. The first-order valence-electron chi connectivity index (χ1n) is 8.67. The Balaban J connectivity index is 1.90. The maximum atomic E-state index is 13.2. The van der Waals surface area contributed by atoms with Gasteiger partial charge in [0.05, 0.1) is 24.7 Å². The molecule has 5 nitrogen and oxygen atoms in total. The number of sulfonamides is 1. The van der Waals surface area contributed by atoms with Crippen molar-refractivity contribution in [2.24, 2.45) is 0 Å². The van der Waals surface area contributed by atoms with Crippen LogP contribution in [0.2, 0.25) is 0 Å². The molecule has 0 bridgehead atoms. The summed E-state index contributed by atoms with van der Waals surface area (Å²) in [6, 6.07) is 12.8. The largest absolute Gasteiger partial charge is 0.496 e. The summed E-state index contributed by atoms with van der Waals surface area (Å²) in [6.45, 7) is 6.41. The van der Waals surface area contributed by atoms with Crippen molar-refractivity contribution in [1.29, 1.82) is 0 Å². The van der Waals surface area contributed by atoms with Gasteiger partial charge in [0.25, 0.3) is 0 Å². The van der Waals surface area contributed by atoms with Gasteiger partial charge >= 0.3 is 0 Å². The molecule has 0 aromatic heterocycles. The Kier molecular flexibility index (Phi) is 5.37. The highest BCUT2D eigenvalue weighted by atomic mass is 32.2. The summed E-state index contributed by atoms with van der Waals surface area (Å²) in [5.74, 6) is 0.677. The van der Waals surface area contributed by atoms with Gasteiger partial charge in [0.15, 0.2) is 0 Å². The first kappa shape index (κ1) is 18.9. The molecule has 2 atom stereocenters. The molecule has 0 amide bonds. The molecular weight excluding hydrogens is 350 g/mol.